The Morgan fingerprint density at radius 1 is 1.18 bits per heavy atom. The number of benzene rings is 1. The van der Waals surface area contributed by atoms with E-state index < -0.39 is 21.8 Å². The number of anilines is 1. The Bertz CT molecular complexity index is 823. The van der Waals surface area contributed by atoms with Crippen LogP contribution in [0.5, 0.6) is 0 Å². The average molecular weight is 465 g/mol. The number of thiocarbonyl (C=S) groups is 1. The molecule has 1 amide bonds. The number of alkyl halides is 3. The number of amides is 1. The Morgan fingerprint density at radius 2 is 1.86 bits per heavy atom. The summed E-state index contributed by atoms with van der Waals surface area (Å²) in [7, 11) is 0. The van der Waals surface area contributed by atoms with Crippen LogP contribution >= 0.6 is 47.0 Å². The predicted molar refractivity (Wildman–Crippen MR) is 112 cm³/mol. The van der Waals surface area contributed by atoms with E-state index in [1.165, 1.54) is 12.3 Å². The second kappa shape index (κ2) is 9.97. The van der Waals surface area contributed by atoms with E-state index in [9.17, 15) is 9.59 Å². The molecule has 0 radical (unpaired) electrons. The molecular formula is C17H16Cl3N3O4S. The molecule has 0 aliphatic heterocycles. The minimum Gasteiger partial charge on any atom is -0.462 e. The first-order chi connectivity index (χ1) is 13.2. The molecule has 0 fully saturated rings. The molecular weight excluding hydrogens is 449 g/mol. The highest BCUT2D eigenvalue weighted by molar-refractivity contribution is 7.80. The highest BCUT2D eigenvalue weighted by Crippen LogP contribution is 2.29. The van der Waals surface area contributed by atoms with Crippen molar-refractivity contribution in [2.24, 2.45) is 0 Å². The van der Waals surface area contributed by atoms with E-state index >= 15 is 0 Å². The summed E-state index contributed by atoms with van der Waals surface area (Å²) >= 11 is 23.0. The lowest BCUT2D eigenvalue weighted by atomic mass is 10.2. The van der Waals surface area contributed by atoms with Gasteiger partial charge in [0.25, 0.3) is 5.91 Å². The van der Waals surface area contributed by atoms with Crippen molar-refractivity contribution in [1.29, 1.82) is 0 Å². The minimum absolute atomic E-state index is 0.0504. The topological polar surface area (TPSA) is 92.6 Å². The van der Waals surface area contributed by atoms with Crippen molar-refractivity contribution >= 4 is 69.7 Å². The molecule has 1 aromatic heterocycles. The number of rotatable bonds is 6. The van der Waals surface area contributed by atoms with E-state index in [4.69, 9.17) is 56.2 Å². The predicted octanol–water partition coefficient (Wildman–Crippen LogP) is 3.87. The highest BCUT2D eigenvalue weighted by Gasteiger charge is 2.35. The van der Waals surface area contributed by atoms with Gasteiger partial charge in [0.05, 0.1) is 18.4 Å². The van der Waals surface area contributed by atoms with Crippen LogP contribution in [-0.4, -0.2) is 33.6 Å². The summed E-state index contributed by atoms with van der Waals surface area (Å²) < 4.78 is 8.02. The summed E-state index contributed by atoms with van der Waals surface area (Å²) in [4.78, 5) is 23.8. The van der Waals surface area contributed by atoms with Crippen LogP contribution in [0, 0.1) is 0 Å². The third-order valence-corrected chi connectivity index (χ3v) is 4.15. The summed E-state index contributed by atoms with van der Waals surface area (Å²) in [6.45, 7) is 2.01. The van der Waals surface area contributed by atoms with E-state index in [1.807, 2.05) is 0 Å². The second-order valence-electron chi connectivity index (χ2n) is 5.32. The molecule has 0 saturated heterocycles. The molecule has 2 rings (SSSR count). The number of hydrogen-bond acceptors (Lipinski definition) is 5. The second-order valence-corrected chi connectivity index (χ2v) is 8.10. The van der Waals surface area contributed by atoms with E-state index in [0.717, 1.165) is 0 Å². The van der Waals surface area contributed by atoms with Crippen molar-refractivity contribution < 1.29 is 18.7 Å². The van der Waals surface area contributed by atoms with E-state index in [0.29, 0.717) is 11.3 Å². The Morgan fingerprint density at radius 3 is 2.39 bits per heavy atom. The molecule has 2 aromatic rings. The lowest BCUT2D eigenvalue weighted by molar-refractivity contribution is 0.0526. The van der Waals surface area contributed by atoms with Crippen LogP contribution in [0.1, 0.15) is 27.8 Å². The number of hydrogen-bond donors (Lipinski definition) is 3. The first-order valence-electron chi connectivity index (χ1n) is 7.96. The third kappa shape index (κ3) is 6.56. The average Bonchev–Trinajstić information content (AvgIpc) is 3.16. The molecule has 0 aliphatic rings. The zero-order chi connectivity index (χ0) is 20.7. The Hall–Kier alpha value is -2.00. The fourth-order valence-electron chi connectivity index (χ4n) is 2.01. The van der Waals surface area contributed by atoms with Crippen molar-refractivity contribution in [2.75, 3.05) is 11.9 Å². The van der Waals surface area contributed by atoms with E-state index in [2.05, 4.69) is 16.0 Å². The molecule has 0 saturated carbocycles. The standard InChI is InChI=1S/C17H16Cl3N3O4S/c1-2-26-14(25)10-5-7-11(8-6-10)21-16(28)23-15(17(18,19)20)22-13(24)12-4-3-9-27-12/h3-9,15H,2H2,1H3,(H,22,24)(H2,21,23,28). The van der Waals surface area contributed by atoms with Crippen molar-refractivity contribution in [3.05, 3.63) is 54.0 Å². The van der Waals surface area contributed by atoms with E-state index in [1.54, 1.807) is 37.3 Å². The highest BCUT2D eigenvalue weighted by atomic mass is 35.6. The molecule has 3 N–H and O–H groups in total. The van der Waals surface area contributed by atoms with Crippen molar-refractivity contribution in [2.45, 2.75) is 16.9 Å². The molecule has 11 heteroatoms. The van der Waals surface area contributed by atoms with Gasteiger partial charge in [-0.05, 0) is 55.5 Å². The molecule has 0 aliphatic carbocycles. The number of halogens is 3. The number of carbonyl (C=O) groups is 2. The molecule has 1 aromatic carbocycles. The number of carbonyl (C=O) groups excluding carboxylic acids is 2. The Labute approximate surface area is 181 Å². The maximum atomic E-state index is 12.1. The molecule has 0 spiro atoms. The smallest absolute Gasteiger partial charge is 0.338 e. The van der Waals surface area contributed by atoms with Crippen LogP contribution in [0.3, 0.4) is 0 Å². The monoisotopic (exact) mass is 463 g/mol. The summed E-state index contributed by atoms with van der Waals surface area (Å²) in [6, 6.07) is 9.44. The van der Waals surface area contributed by atoms with Gasteiger partial charge in [-0.2, -0.15) is 0 Å². The molecule has 150 valence electrons. The largest absolute Gasteiger partial charge is 0.462 e. The zero-order valence-corrected chi connectivity index (χ0v) is 17.6. The van der Waals surface area contributed by atoms with Gasteiger partial charge in [0, 0.05) is 5.69 Å². The van der Waals surface area contributed by atoms with Gasteiger partial charge in [-0.1, -0.05) is 34.8 Å². The lowest BCUT2D eigenvalue weighted by Crippen LogP contribution is -2.56. The number of esters is 1. The fraction of sp³-hybridized carbons (Fsp3) is 0.235. The number of furan rings is 1. The number of nitrogens with one attached hydrogen (secondary N) is 3. The minimum atomic E-state index is -1.90. The number of ether oxygens (including phenoxy) is 1. The van der Waals surface area contributed by atoms with Crippen LogP contribution in [0.2, 0.25) is 0 Å². The van der Waals surface area contributed by atoms with Gasteiger partial charge < -0.3 is 25.1 Å². The van der Waals surface area contributed by atoms with Gasteiger partial charge in [0.2, 0.25) is 3.79 Å². The molecule has 1 unspecified atom stereocenters. The molecule has 0 bridgehead atoms. The van der Waals surface area contributed by atoms with Crippen molar-refractivity contribution in [3.8, 4) is 0 Å². The molecule has 1 heterocycles. The quantitative estimate of drug-likeness (QED) is 0.259. The molecule has 1 atom stereocenters. The first kappa shape index (κ1) is 22.3. The summed E-state index contributed by atoms with van der Waals surface area (Å²) in [6.07, 6.45) is 0.202. The summed E-state index contributed by atoms with van der Waals surface area (Å²) in [5.41, 5.74) is 0.974. The molecule has 7 nitrogen and oxygen atoms in total. The van der Waals surface area contributed by atoms with E-state index in [-0.39, 0.29) is 17.5 Å². The lowest BCUT2D eigenvalue weighted by Gasteiger charge is -2.27. The van der Waals surface area contributed by atoms with Crippen LogP contribution in [0.4, 0.5) is 5.69 Å². The fourth-order valence-corrected chi connectivity index (χ4v) is 2.58. The summed E-state index contributed by atoms with van der Waals surface area (Å²) in [5.74, 6) is -0.962. The Kier molecular flexibility index (Phi) is 7.94. The SMILES string of the molecule is CCOC(=O)c1ccc(NC(=S)NC(NC(=O)c2ccco2)C(Cl)(Cl)Cl)cc1. The van der Waals surface area contributed by atoms with Gasteiger partial charge in [-0.25, -0.2) is 4.79 Å². The Balaban J connectivity index is 1.99. The van der Waals surface area contributed by atoms with Gasteiger partial charge in [0.15, 0.2) is 10.9 Å². The normalized spacial score (nSPS) is 12.0. The first-order valence-corrected chi connectivity index (χ1v) is 9.50. The van der Waals surface area contributed by atoms with Gasteiger partial charge in [-0.3, -0.25) is 4.79 Å². The molecule has 28 heavy (non-hydrogen) atoms. The zero-order valence-electron chi connectivity index (χ0n) is 14.5. The van der Waals surface area contributed by atoms with Crippen molar-refractivity contribution in [3.63, 3.8) is 0 Å². The van der Waals surface area contributed by atoms with Crippen LogP contribution in [0.25, 0.3) is 0 Å². The summed E-state index contributed by atoms with van der Waals surface area (Å²) in [5, 5.41) is 8.15. The van der Waals surface area contributed by atoms with Crippen LogP contribution in [-0.2, 0) is 4.74 Å². The van der Waals surface area contributed by atoms with Gasteiger partial charge in [-0.15, -0.1) is 0 Å². The van der Waals surface area contributed by atoms with Crippen molar-refractivity contribution in [1.82, 2.24) is 10.6 Å². The van der Waals surface area contributed by atoms with Crippen LogP contribution in [0.15, 0.2) is 47.1 Å². The maximum absolute atomic E-state index is 12.1. The maximum Gasteiger partial charge on any atom is 0.338 e. The third-order valence-electron chi connectivity index (χ3n) is 3.28. The van der Waals surface area contributed by atoms with Gasteiger partial charge in [0.1, 0.15) is 6.17 Å². The van der Waals surface area contributed by atoms with Gasteiger partial charge >= 0.3 is 5.97 Å². The van der Waals surface area contributed by atoms with Crippen LogP contribution < -0.4 is 16.0 Å².